The second kappa shape index (κ2) is 5.00. The Balaban J connectivity index is 1.85. The van der Waals surface area contributed by atoms with Gasteiger partial charge in [0, 0.05) is 19.6 Å². The van der Waals surface area contributed by atoms with Gasteiger partial charge in [0.2, 0.25) is 0 Å². The van der Waals surface area contributed by atoms with Gasteiger partial charge in [-0.15, -0.1) is 0 Å². The van der Waals surface area contributed by atoms with Gasteiger partial charge >= 0.3 is 0 Å². The molecular weight excluding hydrogens is 198 g/mol. The minimum atomic E-state index is 0.647. The van der Waals surface area contributed by atoms with E-state index in [4.69, 9.17) is 0 Å². The summed E-state index contributed by atoms with van der Waals surface area (Å²) in [5.41, 5.74) is 2.48. The van der Waals surface area contributed by atoms with Crippen molar-refractivity contribution in [1.29, 1.82) is 0 Å². The summed E-state index contributed by atoms with van der Waals surface area (Å²) in [7, 11) is 2.03. The Kier molecular flexibility index (Phi) is 3.64. The first kappa shape index (κ1) is 11.6. The molecule has 1 saturated carbocycles. The summed E-state index contributed by atoms with van der Waals surface area (Å²) in [4.78, 5) is 0. The molecule has 0 bridgehead atoms. The van der Waals surface area contributed by atoms with Crippen LogP contribution in [0.4, 0.5) is 0 Å². The maximum Gasteiger partial charge on any atom is 0.0625 e. The first-order valence-electron chi connectivity index (χ1n) is 6.46. The maximum atomic E-state index is 4.46. The van der Waals surface area contributed by atoms with Gasteiger partial charge in [0.25, 0.3) is 0 Å². The van der Waals surface area contributed by atoms with E-state index in [-0.39, 0.29) is 0 Å². The van der Waals surface area contributed by atoms with Crippen molar-refractivity contribution < 1.29 is 0 Å². The zero-order chi connectivity index (χ0) is 11.5. The van der Waals surface area contributed by atoms with Crippen LogP contribution in [0.25, 0.3) is 0 Å². The van der Waals surface area contributed by atoms with Crippen LogP contribution in [0.15, 0.2) is 6.07 Å². The van der Waals surface area contributed by atoms with Gasteiger partial charge in [0.05, 0.1) is 11.4 Å². The van der Waals surface area contributed by atoms with Crippen molar-refractivity contribution in [3.8, 4) is 0 Å². The SMILES string of the molecule is CCc1cc(CNC(C)C2CCC2)n(C)n1. The summed E-state index contributed by atoms with van der Waals surface area (Å²) in [6.07, 6.45) is 5.24. The fraction of sp³-hybridized carbons (Fsp3) is 0.769. The Morgan fingerprint density at radius 3 is 2.81 bits per heavy atom. The van der Waals surface area contributed by atoms with Gasteiger partial charge in [-0.1, -0.05) is 13.3 Å². The van der Waals surface area contributed by atoms with Crippen molar-refractivity contribution in [2.24, 2.45) is 13.0 Å². The first-order chi connectivity index (χ1) is 7.70. The molecule has 1 N–H and O–H groups in total. The first-order valence-corrected chi connectivity index (χ1v) is 6.46. The molecule has 1 aliphatic carbocycles. The van der Waals surface area contributed by atoms with Crippen molar-refractivity contribution in [1.82, 2.24) is 15.1 Å². The summed E-state index contributed by atoms with van der Waals surface area (Å²) < 4.78 is 2.00. The minimum Gasteiger partial charge on any atom is -0.308 e. The predicted octanol–water partition coefficient (Wildman–Crippen LogP) is 2.26. The normalized spacial score (nSPS) is 18.4. The lowest BCUT2D eigenvalue weighted by molar-refractivity contribution is 0.239. The molecular formula is C13H23N3. The van der Waals surface area contributed by atoms with Crippen LogP contribution in [0.2, 0.25) is 0 Å². The van der Waals surface area contributed by atoms with Gasteiger partial charge in [-0.3, -0.25) is 4.68 Å². The molecule has 1 aliphatic rings. The molecule has 1 unspecified atom stereocenters. The van der Waals surface area contributed by atoms with Crippen molar-refractivity contribution in [2.45, 2.75) is 52.1 Å². The van der Waals surface area contributed by atoms with Gasteiger partial charge in [-0.05, 0) is 38.2 Å². The molecule has 3 heteroatoms. The van der Waals surface area contributed by atoms with E-state index in [1.165, 1.54) is 30.7 Å². The highest BCUT2D eigenvalue weighted by atomic mass is 15.3. The summed E-state index contributed by atoms with van der Waals surface area (Å²) in [6, 6.07) is 2.86. The lowest BCUT2D eigenvalue weighted by Gasteiger charge is -2.32. The maximum absolute atomic E-state index is 4.46. The molecule has 3 nitrogen and oxygen atoms in total. The van der Waals surface area contributed by atoms with Gasteiger partial charge in [-0.2, -0.15) is 5.10 Å². The van der Waals surface area contributed by atoms with E-state index >= 15 is 0 Å². The number of rotatable bonds is 5. The van der Waals surface area contributed by atoms with E-state index in [9.17, 15) is 0 Å². The van der Waals surface area contributed by atoms with E-state index in [0.717, 1.165) is 18.9 Å². The van der Waals surface area contributed by atoms with Crippen molar-refractivity contribution in [3.63, 3.8) is 0 Å². The minimum absolute atomic E-state index is 0.647. The van der Waals surface area contributed by atoms with Crippen molar-refractivity contribution in [2.75, 3.05) is 0 Å². The fourth-order valence-corrected chi connectivity index (χ4v) is 2.28. The van der Waals surface area contributed by atoms with Crippen LogP contribution in [-0.4, -0.2) is 15.8 Å². The smallest absolute Gasteiger partial charge is 0.0625 e. The molecule has 1 heterocycles. The largest absolute Gasteiger partial charge is 0.308 e. The fourth-order valence-electron chi connectivity index (χ4n) is 2.28. The monoisotopic (exact) mass is 221 g/mol. The predicted molar refractivity (Wildman–Crippen MR) is 66.2 cm³/mol. The van der Waals surface area contributed by atoms with Crippen LogP contribution in [0, 0.1) is 5.92 Å². The average molecular weight is 221 g/mol. The van der Waals surface area contributed by atoms with E-state index in [0.29, 0.717) is 6.04 Å². The van der Waals surface area contributed by atoms with E-state index in [2.05, 4.69) is 30.3 Å². The van der Waals surface area contributed by atoms with Crippen molar-refractivity contribution in [3.05, 3.63) is 17.5 Å². The molecule has 90 valence electrons. The molecule has 0 radical (unpaired) electrons. The van der Waals surface area contributed by atoms with Gasteiger partial charge in [0.1, 0.15) is 0 Å². The standard InChI is InChI=1S/C13H23N3/c1-4-12-8-13(16(3)15-12)9-14-10(2)11-6-5-7-11/h8,10-11,14H,4-7,9H2,1-3H3. The average Bonchev–Trinajstić information content (AvgIpc) is 2.53. The molecule has 0 saturated heterocycles. The third-order valence-corrected chi connectivity index (χ3v) is 3.85. The van der Waals surface area contributed by atoms with Crippen LogP contribution >= 0.6 is 0 Å². The van der Waals surface area contributed by atoms with Crippen LogP contribution in [0.1, 0.15) is 44.5 Å². The van der Waals surface area contributed by atoms with Gasteiger partial charge in [0.15, 0.2) is 0 Å². The molecule has 1 aromatic heterocycles. The Morgan fingerprint density at radius 1 is 1.56 bits per heavy atom. The molecule has 0 spiro atoms. The number of nitrogens with zero attached hydrogens (tertiary/aromatic N) is 2. The highest BCUT2D eigenvalue weighted by Crippen LogP contribution is 2.29. The molecule has 2 rings (SSSR count). The third kappa shape index (κ3) is 2.46. The number of nitrogens with one attached hydrogen (secondary N) is 1. The van der Waals surface area contributed by atoms with Crippen LogP contribution in [0.3, 0.4) is 0 Å². The number of aryl methyl sites for hydroxylation is 2. The number of aromatic nitrogens is 2. The molecule has 0 aliphatic heterocycles. The van der Waals surface area contributed by atoms with E-state index in [1.54, 1.807) is 0 Å². The van der Waals surface area contributed by atoms with E-state index < -0.39 is 0 Å². The third-order valence-electron chi connectivity index (χ3n) is 3.85. The Bertz CT molecular complexity index is 339. The quantitative estimate of drug-likeness (QED) is 0.826. The Labute approximate surface area is 98.2 Å². The van der Waals surface area contributed by atoms with Gasteiger partial charge in [-0.25, -0.2) is 0 Å². The molecule has 1 aromatic rings. The Morgan fingerprint density at radius 2 is 2.31 bits per heavy atom. The number of hydrogen-bond donors (Lipinski definition) is 1. The zero-order valence-electron chi connectivity index (χ0n) is 10.7. The lowest BCUT2D eigenvalue weighted by atomic mass is 9.80. The Hall–Kier alpha value is -0.830. The highest BCUT2D eigenvalue weighted by Gasteiger charge is 2.23. The molecule has 0 aromatic carbocycles. The second-order valence-corrected chi connectivity index (χ2v) is 4.96. The zero-order valence-corrected chi connectivity index (χ0v) is 10.7. The molecule has 16 heavy (non-hydrogen) atoms. The molecule has 1 fully saturated rings. The summed E-state index contributed by atoms with van der Waals surface area (Å²) in [5, 5.41) is 8.08. The summed E-state index contributed by atoms with van der Waals surface area (Å²) in [6.45, 7) is 5.40. The van der Waals surface area contributed by atoms with Crippen molar-refractivity contribution >= 4 is 0 Å². The summed E-state index contributed by atoms with van der Waals surface area (Å²) in [5.74, 6) is 0.902. The molecule has 0 amide bonds. The lowest BCUT2D eigenvalue weighted by Crippen LogP contribution is -2.36. The van der Waals surface area contributed by atoms with Crippen LogP contribution < -0.4 is 5.32 Å². The topological polar surface area (TPSA) is 29.9 Å². The molecule has 1 atom stereocenters. The van der Waals surface area contributed by atoms with Crippen LogP contribution in [-0.2, 0) is 20.0 Å². The highest BCUT2D eigenvalue weighted by molar-refractivity contribution is 5.10. The van der Waals surface area contributed by atoms with E-state index in [1.807, 2.05) is 11.7 Å². The summed E-state index contributed by atoms with van der Waals surface area (Å²) >= 11 is 0. The van der Waals surface area contributed by atoms with Gasteiger partial charge < -0.3 is 5.32 Å². The van der Waals surface area contributed by atoms with Crippen LogP contribution in [0.5, 0.6) is 0 Å². The second-order valence-electron chi connectivity index (χ2n) is 4.96. The number of hydrogen-bond acceptors (Lipinski definition) is 2.